The lowest BCUT2D eigenvalue weighted by Gasteiger charge is -2.13. The molecule has 4 rings (SSSR count). The molecule has 2 amide bonds. The summed E-state index contributed by atoms with van der Waals surface area (Å²) in [7, 11) is 1.49. The second-order valence-corrected chi connectivity index (χ2v) is 7.78. The van der Waals surface area contributed by atoms with Gasteiger partial charge in [0, 0.05) is 17.6 Å². The van der Waals surface area contributed by atoms with Crippen molar-refractivity contribution >= 4 is 51.4 Å². The molecule has 1 fully saturated rings. The van der Waals surface area contributed by atoms with Crippen LogP contribution in [-0.4, -0.2) is 23.1 Å². The number of rotatable bonds is 4. The molecule has 0 spiro atoms. The van der Waals surface area contributed by atoms with Crippen LogP contribution in [0.5, 0.6) is 5.75 Å². The Morgan fingerprint density at radius 3 is 2.50 bits per heavy atom. The lowest BCUT2D eigenvalue weighted by molar-refractivity contribution is -0.121. The Bertz CT molecular complexity index is 1110. The van der Waals surface area contributed by atoms with Gasteiger partial charge in [0.25, 0.3) is 11.1 Å². The lowest BCUT2D eigenvalue weighted by Crippen LogP contribution is -2.22. The van der Waals surface area contributed by atoms with E-state index in [0.29, 0.717) is 22.3 Å². The van der Waals surface area contributed by atoms with Gasteiger partial charge >= 0.3 is 0 Å². The van der Waals surface area contributed by atoms with Crippen LogP contribution < -0.4 is 4.74 Å². The van der Waals surface area contributed by atoms with Gasteiger partial charge in [0.05, 0.1) is 4.91 Å². The molecule has 1 aliphatic rings. The fourth-order valence-electron chi connectivity index (χ4n) is 2.97. The standard InChI is InChI=1S/C22H16ClNO3S/c1-24-21(25)20(28-22(24)26)12-18-17-5-3-2-4-15(17)8-11-19(18)27-13-14-6-9-16(23)10-7-14/h2-12H,13H2,1H3/b20-12+. The van der Waals surface area contributed by atoms with Crippen molar-refractivity contribution in [2.75, 3.05) is 7.05 Å². The highest BCUT2D eigenvalue weighted by Crippen LogP contribution is 2.36. The monoisotopic (exact) mass is 409 g/mol. The van der Waals surface area contributed by atoms with Crippen LogP contribution in [0.3, 0.4) is 0 Å². The molecule has 0 atom stereocenters. The molecule has 0 radical (unpaired) electrons. The molecule has 0 N–H and O–H groups in total. The average molecular weight is 410 g/mol. The molecule has 0 saturated carbocycles. The lowest BCUT2D eigenvalue weighted by atomic mass is 10.0. The van der Waals surface area contributed by atoms with Crippen molar-refractivity contribution in [3.63, 3.8) is 0 Å². The Labute approximate surface area is 171 Å². The summed E-state index contributed by atoms with van der Waals surface area (Å²) in [5, 5.41) is 2.38. The highest BCUT2D eigenvalue weighted by Gasteiger charge is 2.32. The maximum absolute atomic E-state index is 12.3. The predicted molar refractivity (Wildman–Crippen MR) is 113 cm³/mol. The zero-order valence-corrected chi connectivity index (χ0v) is 16.6. The largest absolute Gasteiger partial charge is 0.488 e. The van der Waals surface area contributed by atoms with Crippen LogP contribution in [-0.2, 0) is 11.4 Å². The van der Waals surface area contributed by atoms with Gasteiger partial charge in [-0.2, -0.15) is 0 Å². The minimum absolute atomic E-state index is 0.278. The third kappa shape index (κ3) is 3.63. The Kier molecular flexibility index (Phi) is 5.11. The van der Waals surface area contributed by atoms with Gasteiger partial charge in [-0.1, -0.05) is 54.1 Å². The van der Waals surface area contributed by atoms with Crippen LogP contribution in [0.2, 0.25) is 5.02 Å². The summed E-state index contributed by atoms with van der Waals surface area (Å²) in [4.78, 5) is 25.7. The van der Waals surface area contributed by atoms with Crippen molar-refractivity contribution in [1.29, 1.82) is 0 Å². The first-order chi connectivity index (χ1) is 13.5. The molecule has 1 aliphatic heterocycles. The van der Waals surface area contributed by atoms with Crippen LogP contribution in [0.15, 0.2) is 65.6 Å². The van der Waals surface area contributed by atoms with Gasteiger partial charge < -0.3 is 4.74 Å². The highest BCUT2D eigenvalue weighted by atomic mass is 35.5. The van der Waals surface area contributed by atoms with Crippen molar-refractivity contribution in [2.45, 2.75) is 6.61 Å². The van der Waals surface area contributed by atoms with E-state index in [-0.39, 0.29) is 11.1 Å². The highest BCUT2D eigenvalue weighted by molar-refractivity contribution is 8.18. The second-order valence-electron chi connectivity index (χ2n) is 6.35. The summed E-state index contributed by atoms with van der Waals surface area (Å²) in [6, 6.07) is 19.2. The zero-order chi connectivity index (χ0) is 19.7. The number of amides is 2. The fourth-order valence-corrected chi connectivity index (χ4v) is 3.90. The summed E-state index contributed by atoms with van der Waals surface area (Å²) >= 11 is 6.88. The normalized spacial score (nSPS) is 15.6. The number of halogens is 1. The number of likely N-dealkylation sites (N-methyl/N-ethyl adjacent to an activating group) is 1. The van der Waals surface area contributed by atoms with Crippen molar-refractivity contribution in [3.8, 4) is 5.75 Å². The molecule has 3 aromatic carbocycles. The van der Waals surface area contributed by atoms with Gasteiger partial charge in [-0.3, -0.25) is 14.5 Å². The fraction of sp³-hybridized carbons (Fsp3) is 0.0909. The first-order valence-electron chi connectivity index (χ1n) is 8.63. The molecule has 1 heterocycles. The third-order valence-corrected chi connectivity index (χ3v) is 5.71. The molecule has 140 valence electrons. The molecular weight excluding hydrogens is 394 g/mol. The molecule has 3 aromatic rings. The van der Waals surface area contributed by atoms with Crippen LogP contribution in [0.1, 0.15) is 11.1 Å². The van der Waals surface area contributed by atoms with Crippen molar-refractivity contribution in [1.82, 2.24) is 4.90 Å². The summed E-state index contributed by atoms with van der Waals surface area (Å²) in [6.45, 7) is 0.367. The van der Waals surface area contributed by atoms with Gasteiger partial charge in [-0.15, -0.1) is 0 Å². The second kappa shape index (κ2) is 7.70. The minimum Gasteiger partial charge on any atom is -0.488 e. The molecule has 4 nitrogen and oxygen atoms in total. The predicted octanol–water partition coefficient (Wildman–Crippen LogP) is 5.74. The first kappa shape index (κ1) is 18.6. The topological polar surface area (TPSA) is 46.6 Å². The molecule has 0 bridgehead atoms. The zero-order valence-electron chi connectivity index (χ0n) is 15.0. The number of hydrogen-bond donors (Lipinski definition) is 0. The van der Waals surface area contributed by atoms with Gasteiger partial charge in [-0.05, 0) is 52.4 Å². The molecule has 0 unspecified atom stereocenters. The molecule has 6 heteroatoms. The first-order valence-corrected chi connectivity index (χ1v) is 9.83. The van der Waals surface area contributed by atoms with Gasteiger partial charge in [0.2, 0.25) is 0 Å². The van der Waals surface area contributed by atoms with E-state index in [9.17, 15) is 9.59 Å². The molecule has 28 heavy (non-hydrogen) atoms. The molecular formula is C22H16ClNO3S. The van der Waals surface area contributed by atoms with Crippen molar-refractivity contribution < 1.29 is 14.3 Å². The summed E-state index contributed by atoms with van der Waals surface area (Å²) in [6.07, 6.45) is 1.74. The number of thioether (sulfide) groups is 1. The number of ether oxygens (including phenoxy) is 1. The smallest absolute Gasteiger partial charge is 0.293 e. The van der Waals surface area contributed by atoms with E-state index in [1.807, 2.05) is 60.7 Å². The molecule has 0 aliphatic carbocycles. The van der Waals surface area contributed by atoms with Gasteiger partial charge in [0.15, 0.2) is 0 Å². The third-order valence-electron chi connectivity index (χ3n) is 4.50. The SMILES string of the molecule is CN1C(=O)S/C(=C/c2c(OCc3ccc(Cl)cc3)ccc3ccccc23)C1=O. The van der Waals surface area contributed by atoms with Crippen LogP contribution in [0.4, 0.5) is 4.79 Å². The number of nitrogens with zero attached hydrogens (tertiary/aromatic N) is 1. The van der Waals surface area contributed by atoms with Gasteiger partial charge in [0.1, 0.15) is 12.4 Å². The van der Waals surface area contributed by atoms with E-state index in [0.717, 1.165) is 38.6 Å². The van der Waals surface area contributed by atoms with Crippen molar-refractivity contribution in [3.05, 3.63) is 81.7 Å². The maximum Gasteiger partial charge on any atom is 0.293 e. The minimum atomic E-state index is -0.299. The van der Waals surface area contributed by atoms with Crippen molar-refractivity contribution in [2.24, 2.45) is 0 Å². The maximum atomic E-state index is 12.3. The quantitative estimate of drug-likeness (QED) is 0.515. The molecule has 1 saturated heterocycles. The Balaban J connectivity index is 1.74. The van der Waals surface area contributed by atoms with E-state index in [4.69, 9.17) is 16.3 Å². The number of carbonyl (C=O) groups is 2. The number of fused-ring (bicyclic) bond motifs is 1. The summed E-state index contributed by atoms with van der Waals surface area (Å²) < 4.78 is 6.06. The van der Waals surface area contributed by atoms with Crippen LogP contribution >= 0.6 is 23.4 Å². The molecule has 0 aromatic heterocycles. The number of benzene rings is 3. The summed E-state index contributed by atoms with van der Waals surface area (Å²) in [5.74, 6) is 0.350. The van der Waals surface area contributed by atoms with E-state index in [1.54, 1.807) is 6.08 Å². The Morgan fingerprint density at radius 1 is 1.04 bits per heavy atom. The number of carbonyl (C=O) groups excluding carboxylic acids is 2. The van der Waals surface area contributed by atoms with Gasteiger partial charge in [-0.25, -0.2) is 0 Å². The summed E-state index contributed by atoms with van der Waals surface area (Å²) in [5.41, 5.74) is 1.77. The van der Waals surface area contributed by atoms with E-state index >= 15 is 0 Å². The average Bonchev–Trinajstić information content (AvgIpc) is 2.95. The van der Waals surface area contributed by atoms with Crippen LogP contribution in [0, 0.1) is 0 Å². The number of hydrogen-bond acceptors (Lipinski definition) is 4. The van der Waals surface area contributed by atoms with E-state index in [2.05, 4.69) is 0 Å². The van der Waals surface area contributed by atoms with Crippen LogP contribution in [0.25, 0.3) is 16.8 Å². The van der Waals surface area contributed by atoms with E-state index in [1.165, 1.54) is 7.05 Å². The number of imide groups is 1. The van der Waals surface area contributed by atoms with E-state index < -0.39 is 0 Å². The Morgan fingerprint density at radius 2 is 1.79 bits per heavy atom. The Hall–Kier alpha value is -2.76.